The molecule has 2 N–H and O–H groups in total. The van der Waals surface area contributed by atoms with Gasteiger partial charge in [-0.1, -0.05) is 18.3 Å². The average Bonchev–Trinajstić information content (AvgIpc) is 3.26. The first kappa shape index (κ1) is 35.6. The highest BCUT2D eigenvalue weighted by Crippen LogP contribution is 2.43. The van der Waals surface area contributed by atoms with Crippen molar-refractivity contribution < 1.29 is 58.5 Å². The van der Waals surface area contributed by atoms with E-state index in [9.17, 15) is 44.3 Å². The van der Waals surface area contributed by atoms with Gasteiger partial charge in [-0.2, -0.15) is 39.5 Å². The van der Waals surface area contributed by atoms with Crippen LogP contribution in [0.3, 0.4) is 0 Å². The molecule has 47 heavy (non-hydrogen) atoms. The number of hydrogen-bond acceptors (Lipinski definition) is 5. The van der Waals surface area contributed by atoms with Gasteiger partial charge in [0.05, 0.1) is 48.0 Å². The lowest BCUT2D eigenvalue weighted by Crippen LogP contribution is -2.32. The minimum Gasteiger partial charge on any atom is -0.496 e. The number of carbonyl (C=O) groups excluding carboxylic acids is 1. The van der Waals surface area contributed by atoms with Crippen LogP contribution in [0, 0.1) is 0 Å². The summed E-state index contributed by atoms with van der Waals surface area (Å²) in [5.41, 5.74) is 1.04. The van der Waals surface area contributed by atoms with Gasteiger partial charge in [-0.15, -0.1) is 0 Å². The lowest BCUT2D eigenvalue weighted by molar-refractivity contribution is -0.143. The van der Waals surface area contributed by atoms with Crippen LogP contribution in [0.15, 0.2) is 54.6 Å². The normalized spacial score (nSPS) is 17.1. The van der Waals surface area contributed by atoms with E-state index < -0.39 is 65.6 Å². The zero-order valence-corrected chi connectivity index (χ0v) is 25.5. The van der Waals surface area contributed by atoms with E-state index in [1.54, 1.807) is 6.07 Å². The highest BCUT2D eigenvalue weighted by molar-refractivity contribution is 7.80. The Balaban J connectivity index is 1.74. The smallest absolute Gasteiger partial charge is 0.416 e. The third-order valence-electron chi connectivity index (χ3n) is 7.40. The summed E-state index contributed by atoms with van der Waals surface area (Å²) < 4.78 is 139. The van der Waals surface area contributed by atoms with E-state index in [0.29, 0.717) is 35.7 Å². The van der Waals surface area contributed by atoms with Crippen LogP contribution in [0.5, 0.6) is 11.5 Å². The molecule has 4 rings (SSSR count). The molecule has 1 amide bonds. The molecule has 0 aliphatic carbocycles. The molecular weight excluding hydrogens is 667 g/mol. The van der Waals surface area contributed by atoms with Gasteiger partial charge in [0.25, 0.3) is 0 Å². The molecular formula is C31H27F9N2O4S. The SMILES string of the molecule is COc1ccc(OCCCC(N)=S)cc1-c1ccc(C(F)(F)F)cc1CN1C(=O)O[C@H](c2cc(C(F)(F)F)cc(C(F)(F)F)c2)[C@@H]1C. The Bertz CT molecular complexity index is 1610. The minimum atomic E-state index is -5.15. The maximum atomic E-state index is 13.8. The second-order valence-electron chi connectivity index (χ2n) is 10.7. The fourth-order valence-corrected chi connectivity index (χ4v) is 5.22. The predicted octanol–water partition coefficient (Wildman–Crippen LogP) is 8.95. The van der Waals surface area contributed by atoms with E-state index in [1.165, 1.54) is 32.2 Å². The van der Waals surface area contributed by atoms with Gasteiger partial charge in [0.1, 0.15) is 17.6 Å². The number of rotatable bonds is 10. The molecule has 6 nitrogen and oxygen atoms in total. The van der Waals surface area contributed by atoms with E-state index in [-0.39, 0.29) is 35.1 Å². The number of ether oxygens (including phenoxy) is 3. The molecule has 1 aliphatic heterocycles. The molecule has 3 aromatic carbocycles. The van der Waals surface area contributed by atoms with Crippen LogP contribution in [0.4, 0.5) is 44.3 Å². The number of nitrogens with zero attached hydrogens (tertiary/aromatic N) is 1. The number of amides is 1. The average molecular weight is 695 g/mol. The van der Waals surface area contributed by atoms with Crippen molar-refractivity contribution in [1.82, 2.24) is 4.90 Å². The van der Waals surface area contributed by atoms with Gasteiger partial charge >= 0.3 is 24.6 Å². The largest absolute Gasteiger partial charge is 0.496 e. The van der Waals surface area contributed by atoms with Gasteiger partial charge < -0.3 is 19.9 Å². The van der Waals surface area contributed by atoms with Crippen LogP contribution in [-0.2, 0) is 29.8 Å². The summed E-state index contributed by atoms with van der Waals surface area (Å²) in [5.74, 6) is 0.564. The lowest BCUT2D eigenvalue weighted by Gasteiger charge is -2.24. The maximum Gasteiger partial charge on any atom is 0.416 e. The Hall–Kier alpha value is -4.21. The Morgan fingerprint density at radius 3 is 2.04 bits per heavy atom. The zero-order valence-electron chi connectivity index (χ0n) is 24.6. The molecule has 0 radical (unpaired) electrons. The van der Waals surface area contributed by atoms with Crippen molar-refractivity contribution in [2.24, 2.45) is 5.73 Å². The summed E-state index contributed by atoms with van der Waals surface area (Å²) in [6.07, 6.45) is -16.9. The maximum absolute atomic E-state index is 13.8. The monoisotopic (exact) mass is 694 g/mol. The molecule has 0 unspecified atom stereocenters. The van der Waals surface area contributed by atoms with Crippen molar-refractivity contribution >= 4 is 23.3 Å². The first-order chi connectivity index (χ1) is 21.8. The van der Waals surface area contributed by atoms with Crippen molar-refractivity contribution in [2.45, 2.75) is 57.0 Å². The van der Waals surface area contributed by atoms with E-state index in [0.717, 1.165) is 17.0 Å². The van der Waals surface area contributed by atoms with Crippen LogP contribution in [-0.4, -0.2) is 35.7 Å². The first-order valence-corrected chi connectivity index (χ1v) is 14.3. The van der Waals surface area contributed by atoms with Crippen molar-refractivity contribution in [3.63, 3.8) is 0 Å². The molecule has 254 valence electrons. The third-order valence-corrected chi connectivity index (χ3v) is 7.61. The lowest BCUT2D eigenvalue weighted by atomic mass is 9.94. The van der Waals surface area contributed by atoms with E-state index in [4.69, 9.17) is 32.2 Å². The number of carbonyl (C=O) groups is 1. The highest BCUT2D eigenvalue weighted by Gasteiger charge is 2.44. The molecule has 0 bridgehead atoms. The van der Waals surface area contributed by atoms with E-state index >= 15 is 0 Å². The Morgan fingerprint density at radius 1 is 0.872 bits per heavy atom. The number of halogens is 9. The number of benzene rings is 3. The fraction of sp³-hybridized carbons (Fsp3) is 0.355. The van der Waals surface area contributed by atoms with Crippen LogP contribution in [0.2, 0.25) is 0 Å². The summed E-state index contributed by atoms with van der Waals surface area (Å²) in [4.78, 5) is 14.2. The molecule has 1 saturated heterocycles. The molecule has 16 heteroatoms. The van der Waals surface area contributed by atoms with Crippen molar-refractivity contribution in [3.8, 4) is 22.6 Å². The molecule has 0 aromatic heterocycles. The van der Waals surface area contributed by atoms with Crippen LogP contribution in [0.25, 0.3) is 11.1 Å². The topological polar surface area (TPSA) is 74.0 Å². The molecule has 1 fully saturated rings. The van der Waals surface area contributed by atoms with Gasteiger partial charge in [-0.25, -0.2) is 4.79 Å². The van der Waals surface area contributed by atoms with Gasteiger partial charge in [0.15, 0.2) is 0 Å². The molecule has 1 heterocycles. The van der Waals surface area contributed by atoms with Crippen LogP contribution >= 0.6 is 12.2 Å². The standard InChI is InChI=1S/C31H27F9N2O4S/c1-16-27(17-10-20(30(35,36)37)13-21(11-17)31(38,39)40)46-28(43)42(16)15-18-12-19(29(32,33)34)5-7-23(18)24-14-22(6-8-25(24)44-2)45-9-3-4-26(41)47/h5-8,10-14,16,27H,3-4,9,15H2,1-2H3,(H2,41,47)/t16-,27-/m0/s1. The zero-order chi connectivity index (χ0) is 34.9. The van der Waals surface area contributed by atoms with Gasteiger partial charge in [0, 0.05) is 12.0 Å². The molecule has 0 saturated carbocycles. The van der Waals surface area contributed by atoms with Crippen LogP contribution < -0.4 is 15.2 Å². The second-order valence-corrected chi connectivity index (χ2v) is 11.2. The Labute approximate surface area is 268 Å². The summed E-state index contributed by atoms with van der Waals surface area (Å²) in [5, 5.41) is 0. The second kappa shape index (κ2) is 13.5. The van der Waals surface area contributed by atoms with E-state index in [2.05, 4.69) is 0 Å². The highest BCUT2D eigenvalue weighted by atomic mass is 32.1. The summed E-state index contributed by atoms with van der Waals surface area (Å²) in [7, 11) is 1.33. The quantitative estimate of drug-likeness (QED) is 0.130. The molecule has 1 aliphatic rings. The molecule has 2 atom stereocenters. The van der Waals surface area contributed by atoms with Crippen molar-refractivity contribution in [2.75, 3.05) is 13.7 Å². The minimum absolute atomic E-state index is 0.0596. The first-order valence-electron chi connectivity index (χ1n) is 13.9. The number of cyclic esters (lactones) is 1. The van der Waals surface area contributed by atoms with Gasteiger partial charge in [0.2, 0.25) is 0 Å². The van der Waals surface area contributed by atoms with Gasteiger partial charge in [-0.05, 0) is 78.6 Å². The molecule has 0 spiro atoms. The van der Waals surface area contributed by atoms with Crippen molar-refractivity contribution in [1.29, 1.82) is 0 Å². The fourth-order valence-electron chi connectivity index (χ4n) is 5.07. The third kappa shape index (κ3) is 8.39. The van der Waals surface area contributed by atoms with Gasteiger partial charge in [-0.3, -0.25) is 4.90 Å². The predicted molar refractivity (Wildman–Crippen MR) is 156 cm³/mol. The number of alkyl halides is 9. The Kier molecular flexibility index (Phi) is 10.2. The van der Waals surface area contributed by atoms with Crippen molar-refractivity contribution in [3.05, 3.63) is 82.4 Å². The number of nitrogens with two attached hydrogens (primary N) is 1. The Morgan fingerprint density at radius 2 is 1.49 bits per heavy atom. The number of methoxy groups -OCH3 is 1. The molecule has 3 aromatic rings. The summed E-state index contributed by atoms with van der Waals surface area (Å²) >= 11 is 4.84. The van der Waals surface area contributed by atoms with Crippen LogP contribution in [0.1, 0.15) is 53.7 Å². The summed E-state index contributed by atoms with van der Waals surface area (Å²) in [6, 6.07) is 7.03. The number of thiocarbonyl (C=S) groups is 1. The summed E-state index contributed by atoms with van der Waals surface area (Å²) in [6.45, 7) is 0.967. The number of hydrogen-bond donors (Lipinski definition) is 1. The van der Waals surface area contributed by atoms with E-state index in [1.807, 2.05) is 0 Å².